The van der Waals surface area contributed by atoms with Crippen molar-refractivity contribution in [3.63, 3.8) is 0 Å². The highest BCUT2D eigenvalue weighted by molar-refractivity contribution is 9.10. The third-order valence-corrected chi connectivity index (χ3v) is 6.28. The fourth-order valence-corrected chi connectivity index (χ4v) is 4.31. The summed E-state index contributed by atoms with van der Waals surface area (Å²) in [5.41, 5.74) is 0.937. The molecule has 1 saturated carbocycles. The zero-order chi connectivity index (χ0) is 22.2. The van der Waals surface area contributed by atoms with E-state index in [-0.39, 0.29) is 24.5 Å². The van der Waals surface area contributed by atoms with Crippen LogP contribution in [0, 0.1) is 0 Å². The second kappa shape index (κ2) is 11.5. The predicted octanol–water partition coefficient (Wildman–Crippen LogP) is 5.35. The minimum Gasteiger partial charge on any atom is -0.484 e. The third-order valence-electron chi connectivity index (χ3n) is 5.54. The van der Waals surface area contributed by atoms with Crippen molar-refractivity contribution in [1.29, 1.82) is 0 Å². The molecular formula is C24H28BrClN2O3. The van der Waals surface area contributed by atoms with Gasteiger partial charge in [0, 0.05) is 22.1 Å². The van der Waals surface area contributed by atoms with Gasteiger partial charge in [0.2, 0.25) is 5.91 Å². The first-order chi connectivity index (χ1) is 14.9. The predicted molar refractivity (Wildman–Crippen MR) is 126 cm³/mol. The van der Waals surface area contributed by atoms with Crippen LogP contribution < -0.4 is 10.1 Å². The summed E-state index contributed by atoms with van der Waals surface area (Å²) < 4.78 is 6.58. The van der Waals surface area contributed by atoms with Gasteiger partial charge in [0.1, 0.15) is 11.8 Å². The number of amides is 2. The van der Waals surface area contributed by atoms with Crippen LogP contribution in [-0.4, -0.2) is 35.4 Å². The Bertz CT molecular complexity index is 885. The van der Waals surface area contributed by atoms with E-state index >= 15 is 0 Å². The van der Waals surface area contributed by atoms with Crippen molar-refractivity contribution in [2.75, 3.05) is 6.61 Å². The molecule has 0 unspecified atom stereocenters. The Hall–Kier alpha value is -2.05. The number of benzene rings is 2. The number of nitrogens with one attached hydrogen (secondary N) is 1. The molecule has 0 bridgehead atoms. The van der Waals surface area contributed by atoms with E-state index in [9.17, 15) is 9.59 Å². The lowest BCUT2D eigenvalue weighted by molar-refractivity contribution is -0.142. The van der Waals surface area contributed by atoms with Gasteiger partial charge in [-0.25, -0.2) is 0 Å². The van der Waals surface area contributed by atoms with Crippen LogP contribution in [-0.2, 0) is 16.1 Å². The summed E-state index contributed by atoms with van der Waals surface area (Å²) in [6, 6.07) is 14.2. The first-order valence-corrected chi connectivity index (χ1v) is 11.8. The molecule has 2 aromatic rings. The summed E-state index contributed by atoms with van der Waals surface area (Å²) in [6.45, 7) is 1.94. The van der Waals surface area contributed by atoms with Gasteiger partial charge in [-0.3, -0.25) is 9.59 Å². The first-order valence-electron chi connectivity index (χ1n) is 10.6. The third kappa shape index (κ3) is 7.25. The molecule has 0 spiro atoms. The fraction of sp³-hybridized carbons (Fsp3) is 0.417. The van der Waals surface area contributed by atoms with Gasteiger partial charge in [-0.1, -0.05) is 58.9 Å². The van der Waals surface area contributed by atoms with E-state index in [2.05, 4.69) is 21.2 Å². The van der Waals surface area contributed by atoms with Crippen LogP contribution in [0.5, 0.6) is 5.75 Å². The summed E-state index contributed by atoms with van der Waals surface area (Å²) in [5, 5.41) is 3.73. The Kier molecular flexibility index (Phi) is 8.79. The van der Waals surface area contributed by atoms with E-state index in [1.165, 1.54) is 6.42 Å². The minimum absolute atomic E-state index is 0.123. The topological polar surface area (TPSA) is 58.6 Å². The number of nitrogens with zero attached hydrogens (tertiary/aromatic N) is 1. The Balaban J connectivity index is 1.70. The second-order valence-corrected chi connectivity index (χ2v) is 9.27. The first kappa shape index (κ1) is 23.6. The fourth-order valence-electron chi connectivity index (χ4n) is 3.74. The van der Waals surface area contributed by atoms with Crippen molar-refractivity contribution < 1.29 is 14.3 Å². The van der Waals surface area contributed by atoms with Crippen LogP contribution in [0.3, 0.4) is 0 Å². The Morgan fingerprint density at radius 2 is 1.87 bits per heavy atom. The average molecular weight is 508 g/mol. The highest BCUT2D eigenvalue weighted by Gasteiger charge is 2.28. The lowest BCUT2D eigenvalue weighted by Crippen LogP contribution is -2.51. The molecule has 0 radical (unpaired) electrons. The van der Waals surface area contributed by atoms with E-state index < -0.39 is 6.04 Å². The molecule has 1 fully saturated rings. The zero-order valence-corrected chi connectivity index (χ0v) is 20.0. The molecule has 7 heteroatoms. The monoisotopic (exact) mass is 506 g/mol. The molecule has 2 amide bonds. The summed E-state index contributed by atoms with van der Waals surface area (Å²) in [4.78, 5) is 27.6. The van der Waals surface area contributed by atoms with E-state index in [4.69, 9.17) is 16.3 Å². The smallest absolute Gasteiger partial charge is 0.261 e. The number of hydrogen-bond acceptors (Lipinski definition) is 3. The molecule has 0 aromatic heterocycles. The van der Waals surface area contributed by atoms with Gasteiger partial charge in [-0.15, -0.1) is 0 Å². The molecule has 0 saturated heterocycles. The summed E-state index contributed by atoms with van der Waals surface area (Å²) >= 11 is 9.37. The molecular weight excluding hydrogens is 480 g/mol. The van der Waals surface area contributed by atoms with Crippen LogP contribution in [0.4, 0.5) is 0 Å². The normalized spacial score (nSPS) is 15.2. The van der Waals surface area contributed by atoms with Crippen LogP contribution in [0.25, 0.3) is 0 Å². The SMILES string of the molecule is C[C@H](C(=O)NC1CCCCC1)N(Cc1cccc(Br)c1)C(=O)COc1ccc(Cl)cc1. The van der Waals surface area contributed by atoms with Crippen molar-refractivity contribution in [2.45, 2.75) is 57.7 Å². The molecule has 166 valence electrons. The van der Waals surface area contributed by atoms with Crippen molar-refractivity contribution in [3.05, 3.63) is 63.6 Å². The van der Waals surface area contributed by atoms with E-state index in [0.29, 0.717) is 17.3 Å². The lowest BCUT2D eigenvalue weighted by Gasteiger charge is -2.31. The molecule has 0 aliphatic heterocycles. The van der Waals surface area contributed by atoms with Gasteiger partial charge in [0.05, 0.1) is 0 Å². The van der Waals surface area contributed by atoms with E-state index in [1.54, 1.807) is 36.1 Å². The van der Waals surface area contributed by atoms with Gasteiger partial charge in [-0.05, 0) is 61.7 Å². The van der Waals surface area contributed by atoms with Gasteiger partial charge < -0.3 is 15.0 Å². The largest absolute Gasteiger partial charge is 0.484 e. The van der Waals surface area contributed by atoms with Crippen LogP contribution in [0.1, 0.15) is 44.6 Å². The van der Waals surface area contributed by atoms with Gasteiger partial charge in [0.25, 0.3) is 5.91 Å². The number of carbonyl (C=O) groups is 2. The number of hydrogen-bond donors (Lipinski definition) is 1. The molecule has 0 heterocycles. The Morgan fingerprint density at radius 3 is 2.55 bits per heavy atom. The molecule has 1 aliphatic carbocycles. The molecule has 31 heavy (non-hydrogen) atoms. The second-order valence-electron chi connectivity index (χ2n) is 7.91. The Labute approximate surface area is 197 Å². The van der Waals surface area contributed by atoms with Crippen LogP contribution >= 0.6 is 27.5 Å². The number of ether oxygens (including phenoxy) is 1. The Morgan fingerprint density at radius 1 is 1.16 bits per heavy atom. The average Bonchev–Trinajstić information content (AvgIpc) is 2.77. The summed E-state index contributed by atoms with van der Waals surface area (Å²) in [6.07, 6.45) is 5.48. The molecule has 3 rings (SSSR count). The molecule has 2 aromatic carbocycles. The maximum absolute atomic E-state index is 13.1. The number of carbonyl (C=O) groups excluding carboxylic acids is 2. The molecule has 1 N–H and O–H groups in total. The summed E-state index contributed by atoms with van der Waals surface area (Å²) in [7, 11) is 0. The van der Waals surface area contributed by atoms with Crippen LogP contribution in [0.15, 0.2) is 53.0 Å². The minimum atomic E-state index is -0.609. The molecule has 5 nitrogen and oxygen atoms in total. The van der Waals surface area contributed by atoms with E-state index in [0.717, 1.165) is 35.7 Å². The number of halogens is 2. The zero-order valence-electron chi connectivity index (χ0n) is 17.7. The maximum Gasteiger partial charge on any atom is 0.261 e. The number of rotatable bonds is 8. The molecule has 1 atom stereocenters. The van der Waals surface area contributed by atoms with Gasteiger partial charge in [-0.2, -0.15) is 0 Å². The van der Waals surface area contributed by atoms with Crippen molar-refractivity contribution in [1.82, 2.24) is 10.2 Å². The lowest BCUT2D eigenvalue weighted by atomic mass is 9.95. The van der Waals surface area contributed by atoms with Gasteiger partial charge >= 0.3 is 0 Å². The molecule has 1 aliphatic rings. The van der Waals surface area contributed by atoms with Crippen LogP contribution in [0.2, 0.25) is 5.02 Å². The quantitative estimate of drug-likeness (QED) is 0.524. The van der Waals surface area contributed by atoms with Gasteiger partial charge in [0.15, 0.2) is 6.61 Å². The highest BCUT2D eigenvalue weighted by Crippen LogP contribution is 2.20. The van der Waals surface area contributed by atoms with Crippen molar-refractivity contribution >= 4 is 39.3 Å². The maximum atomic E-state index is 13.1. The van der Waals surface area contributed by atoms with Crippen molar-refractivity contribution in [3.8, 4) is 5.75 Å². The van der Waals surface area contributed by atoms with Crippen molar-refractivity contribution in [2.24, 2.45) is 0 Å². The van der Waals surface area contributed by atoms with E-state index in [1.807, 2.05) is 24.3 Å². The summed E-state index contributed by atoms with van der Waals surface area (Å²) in [5.74, 6) is 0.183. The standard InChI is InChI=1S/C24H28BrClN2O3/c1-17(24(30)27-21-8-3-2-4-9-21)28(15-18-6-5-7-19(25)14-18)23(29)16-31-22-12-10-20(26)11-13-22/h5-7,10-14,17,21H,2-4,8-9,15-16H2,1H3,(H,27,30)/t17-/m1/s1. The highest BCUT2D eigenvalue weighted by atomic mass is 79.9.